The maximum absolute atomic E-state index is 13.6. The molecule has 0 aromatic heterocycles. The SMILES string of the molecule is C=Cc1c(F)c(F)c(OCCN2CCCC2=O)c(F)c1F. The molecule has 1 aliphatic rings. The first-order valence-corrected chi connectivity index (χ1v) is 6.36. The van der Waals surface area contributed by atoms with E-state index in [2.05, 4.69) is 6.58 Å². The Kier molecular flexibility index (Phi) is 4.50. The molecule has 1 amide bonds. The Hall–Kier alpha value is -2.05. The molecule has 1 aliphatic heterocycles. The van der Waals surface area contributed by atoms with E-state index in [0.29, 0.717) is 25.5 Å². The van der Waals surface area contributed by atoms with E-state index in [9.17, 15) is 22.4 Å². The van der Waals surface area contributed by atoms with Crippen molar-refractivity contribution in [3.05, 3.63) is 35.4 Å². The number of hydrogen-bond donors (Lipinski definition) is 0. The summed E-state index contributed by atoms with van der Waals surface area (Å²) in [5.74, 6) is -7.55. The largest absolute Gasteiger partial charge is 0.486 e. The summed E-state index contributed by atoms with van der Waals surface area (Å²) in [6.07, 6.45) is 1.81. The molecule has 3 nitrogen and oxygen atoms in total. The highest BCUT2D eigenvalue weighted by molar-refractivity contribution is 5.78. The highest BCUT2D eigenvalue weighted by Crippen LogP contribution is 2.30. The van der Waals surface area contributed by atoms with Crippen LogP contribution in [-0.2, 0) is 4.79 Å². The first kappa shape index (κ1) is 15.3. The van der Waals surface area contributed by atoms with Crippen LogP contribution in [-0.4, -0.2) is 30.5 Å². The quantitative estimate of drug-likeness (QED) is 0.618. The molecule has 0 radical (unpaired) electrons. The Morgan fingerprint density at radius 1 is 1.14 bits per heavy atom. The zero-order chi connectivity index (χ0) is 15.6. The molecule has 2 rings (SSSR count). The fraction of sp³-hybridized carbons (Fsp3) is 0.357. The van der Waals surface area contributed by atoms with Crippen LogP contribution >= 0.6 is 0 Å². The van der Waals surface area contributed by atoms with Gasteiger partial charge in [-0.15, -0.1) is 0 Å². The summed E-state index contributed by atoms with van der Waals surface area (Å²) in [5, 5.41) is 0. The van der Waals surface area contributed by atoms with Gasteiger partial charge in [0.25, 0.3) is 0 Å². The molecule has 21 heavy (non-hydrogen) atoms. The van der Waals surface area contributed by atoms with Crippen molar-refractivity contribution in [2.24, 2.45) is 0 Å². The molecule has 0 atom stereocenters. The van der Waals surface area contributed by atoms with Crippen molar-refractivity contribution in [2.45, 2.75) is 12.8 Å². The lowest BCUT2D eigenvalue weighted by molar-refractivity contribution is -0.128. The van der Waals surface area contributed by atoms with Crippen LogP contribution < -0.4 is 4.74 Å². The molecule has 0 spiro atoms. The lowest BCUT2D eigenvalue weighted by Gasteiger charge is -2.16. The molecular formula is C14H13F4NO2. The molecule has 7 heteroatoms. The number of rotatable bonds is 5. The highest BCUT2D eigenvalue weighted by Gasteiger charge is 2.26. The Morgan fingerprint density at radius 3 is 2.24 bits per heavy atom. The molecular weight excluding hydrogens is 290 g/mol. The van der Waals surface area contributed by atoms with Crippen molar-refractivity contribution in [1.82, 2.24) is 4.90 Å². The van der Waals surface area contributed by atoms with Gasteiger partial charge in [-0.1, -0.05) is 12.7 Å². The summed E-state index contributed by atoms with van der Waals surface area (Å²) >= 11 is 0. The minimum atomic E-state index is -1.61. The van der Waals surface area contributed by atoms with E-state index < -0.39 is 34.6 Å². The Bertz CT molecular complexity index is 560. The predicted octanol–water partition coefficient (Wildman–Crippen LogP) is 2.89. The minimum Gasteiger partial charge on any atom is -0.486 e. The minimum absolute atomic E-state index is 0.0843. The zero-order valence-corrected chi connectivity index (χ0v) is 11.1. The van der Waals surface area contributed by atoms with Crippen LogP contribution in [0.3, 0.4) is 0 Å². The molecule has 0 saturated carbocycles. The third kappa shape index (κ3) is 2.86. The van der Waals surface area contributed by atoms with E-state index in [-0.39, 0.29) is 19.1 Å². The highest BCUT2D eigenvalue weighted by atomic mass is 19.2. The Labute approximate surface area is 118 Å². The van der Waals surface area contributed by atoms with E-state index in [4.69, 9.17) is 4.74 Å². The van der Waals surface area contributed by atoms with Crippen LogP contribution in [0.15, 0.2) is 6.58 Å². The Morgan fingerprint density at radius 2 is 1.76 bits per heavy atom. The number of amides is 1. The molecule has 1 saturated heterocycles. The molecule has 1 fully saturated rings. The molecule has 114 valence electrons. The zero-order valence-electron chi connectivity index (χ0n) is 11.1. The van der Waals surface area contributed by atoms with E-state index >= 15 is 0 Å². The van der Waals surface area contributed by atoms with Crippen LogP contribution in [0.1, 0.15) is 18.4 Å². The average Bonchev–Trinajstić information content (AvgIpc) is 2.87. The van der Waals surface area contributed by atoms with Gasteiger partial charge in [0.15, 0.2) is 17.4 Å². The summed E-state index contributed by atoms with van der Waals surface area (Å²) in [5.41, 5.74) is -0.882. The molecule has 1 heterocycles. The maximum Gasteiger partial charge on any atom is 0.222 e. The number of benzene rings is 1. The summed E-state index contributed by atoms with van der Waals surface area (Å²) < 4.78 is 59.0. The van der Waals surface area contributed by atoms with Crippen LogP contribution in [0.25, 0.3) is 6.08 Å². The number of likely N-dealkylation sites (tertiary alicyclic amines) is 1. The van der Waals surface area contributed by atoms with Crippen LogP contribution in [0.2, 0.25) is 0 Å². The molecule has 0 aliphatic carbocycles. The average molecular weight is 303 g/mol. The number of carbonyl (C=O) groups is 1. The number of ether oxygens (including phenoxy) is 1. The summed E-state index contributed by atoms with van der Waals surface area (Å²) in [6.45, 7) is 3.47. The van der Waals surface area contributed by atoms with Gasteiger partial charge in [-0.05, 0) is 6.42 Å². The first-order valence-electron chi connectivity index (χ1n) is 6.36. The predicted molar refractivity (Wildman–Crippen MR) is 67.7 cm³/mol. The van der Waals surface area contributed by atoms with Gasteiger partial charge < -0.3 is 9.64 Å². The van der Waals surface area contributed by atoms with Crippen LogP contribution in [0.5, 0.6) is 5.75 Å². The second-order valence-electron chi connectivity index (χ2n) is 4.54. The van der Waals surface area contributed by atoms with Crippen molar-refractivity contribution in [1.29, 1.82) is 0 Å². The van der Waals surface area contributed by atoms with E-state index in [0.717, 1.165) is 0 Å². The summed E-state index contributed by atoms with van der Waals surface area (Å²) in [6, 6.07) is 0. The lowest BCUT2D eigenvalue weighted by Crippen LogP contribution is -2.29. The second-order valence-corrected chi connectivity index (χ2v) is 4.54. The van der Waals surface area contributed by atoms with Gasteiger partial charge in [-0.25, -0.2) is 8.78 Å². The lowest BCUT2D eigenvalue weighted by atomic mass is 10.1. The van der Waals surface area contributed by atoms with E-state index in [1.807, 2.05) is 0 Å². The number of hydrogen-bond acceptors (Lipinski definition) is 2. The third-order valence-electron chi connectivity index (χ3n) is 3.24. The fourth-order valence-corrected chi connectivity index (χ4v) is 2.13. The van der Waals surface area contributed by atoms with Crippen molar-refractivity contribution < 1.29 is 27.1 Å². The van der Waals surface area contributed by atoms with Crippen LogP contribution in [0.4, 0.5) is 17.6 Å². The standard InChI is InChI=1S/C14H13F4NO2/c1-2-8-10(15)12(17)14(13(18)11(8)16)21-7-6-19-5-3-4-9(19)20/h2H,1,3-7H2. The molecule has 1 aromatic carbocycles. The third-order valence-corrected chi connectivity index (χ3v) is 3.24. The second kappa shape index (κ2) is 6.15. The monoisotopic (exact) mass is 303 g/mol. The molecule has 1 aromatic rings. The summed E-state index contributed by atoms with van der Waals surface area (Å²) in [7, 11) is 0. The van der Waals surface area contributed by atoms with Crippen molar-refractivity contribution in [2.75, 3.05) is 19.7 Å². The van der Waals surface area contributed by atoms with Gasteiger partial charge >= 0.3 is 0 Å². The normalized spacial score (nSPS) is 14.7. The van der Waals surface area contributed by atoms with E-state index in [1.54, 1.807) is 0 Å². The molecule has 0 bridgehead atoms. The van der Waals surface area contributed by atoms with Crippen molar-refractivity contribution in [3.8, 4) is 5.75 Å². The van der Waals surface area contributed by atoms with Crippen molar-refractivity contribution in [3.63, 3.8) is 0 Å². The van der Waals surface area contributed by atoms with Gasteiger partial charge in [-0.3, -0.25) is 4.79 Å². The number of carbonyl (C=O) groups excluding carboxylic acids is 1. The van der Waals surface area contributed by atoms with Gasteiger partial charge in [0.05, 0.1) is 12.1 Å². The van der Waals surface area contributed by atoms with Gasteiger partial charge in [0.1, 0.15) is 6.61 Å². The summed E-state index contributed by atoms with van der Waals surface area (Å²) in [4.78, 5) is 12.8. The molecule has 0 unspecified atom stereocenters. The van der Waals surface area contributed by atoms with Gasteiger partial charge in [0, 0.05) is 13.0 Å². The fourth-order valence-electron chi connectivity index (χ4n) is 2.13. The first-order chi connectivity index (χ1) is 9.97. The number of halogens is 4. The topological polar surface area (TPSA) is 29.5 Å². The van der Waals surface area contributed by atoms with Gasteiger partial charge in [0.2, 0.25) is 17.5 Å². The smallest absolute Gasteiger partial charge is 0.222 e. The Balaban J connectivity index is 2.13. The van der Waals surface area contributed by atoms with E-state index in [1.165, 1.54) is 4.90 Å². The maximum atomic E-state index is 13.6. The molecule has 0 N–H and O–H groups in total. The van der Waals surface area contributed by atoms with Crippen LogP contribution in [0, 0.1) is 23.3 Å². The van der Waals surface area contributed by atoms with Gasteiger partial charge in [-0.2, -0.15) is 8.78 Å². The van der Waals surface area contributed by atoms with Crippen molar-refractivity contribution >= 4 is 12.0 Å². The number of nitrogens with zero attached hydrogens (tertiary/aromatic N) is 1.